The van der Waals surface area contributed by atoms with Crippen LogP contribution < -0.4 is 5.32 Å². The first-order chi connectivity index (χ1) is 34.7. The molecule has 2 unspecified atom stereocenters. The zero-order chi connectivity index (χ0) is 50.6. The first-order valence-electron chi connectivity index (χ1n) is 30.1. The van der Waals surface area contributed by atoms with Crippen LogP contribution in [0.25, 0.3) is 0 Å². The smallest absolute Gasteiger partial charge is 0.220 e. The van der Waals surface area contributed by atoms with Crippen molar-refractivity contribution in [2.45, 2.75) is 296 Å². The van der Waals surface area contributed by atoms with Crippen molar-refractivity contribution in [3.63, 3.8) is 0 Å². The van der Waals surface area contributed by atoms with E-state index in [1.54, 1.807) is 6.08 Å². The Labute approximate surface area is 436 Å². The number of rotatable bonds is 54. The van der Waals surface area contributed by atoms with Crippen LogP contribution in [-0.2, 0) is 4.79 Å². The van der Waals surface area contributed by atoms with E-state index < -0.39 is 12.1 Å². The number of nitrogens with one attached hydrogen (secondary N) is 1. The van der Waals surface area contributed by atoms with E-state index >= 15 is 0 Å². The fourth-order valence-electron chi connectivity index (χ4n) is 8.69. The highest BCUT2D eigenvalue weighted by molar-refractivity contribution is 5.76. The Kier molecular flexibility index (Phi) is 57.8. The highest BCUT2D eigenvalue weighted by Gasteiger charge is 2.18. The van der Waals surface area contributed by atoms with Gasteiger partial charge in [0.25, 0.3) is 0 Å². The van der Waals surface area contributed by atoms with E-state index in [9.17, 15) is 15.0 Å². The highest BCUT2D eigenvalue weighted by Crippen LogP contribution is 2.16. The van der Waals surface area contributed by atoms with E-state index in [1.807, 2.05) is 6.08 Å². The topological polar surface area (TPSA) is 69.6 Å². The van der Waals surface area contributed by atoms with Gasteiger partial charge >= 0.3 is 0 Å². The molecular weight excluding hydrogens is 855 g/mol. The molecule has 0 radical (unpaired) electrons. The molecule has 0 aromatic heterocycles. The van der Waals surface area contributed by atoms with Gasteiger partial charge < -0.3 is 15.5 Å². The zero-order valence-corrected chi connectivity index (χ0v) is 46.3. The minimum atomic E-state index is -0.873. The fourth-order valence-corrected chi connectivity index (χ4v) is 8.69. The second-order valence-electron chi connectivity index (χ2n) is 20.0. The summed E-state index contributed by atoms with van der Waals surface area (Å²) in [4.78, 5) is 12.5. The largest absolute Gasteiger partial charge is 0.394 e. The van der Waals surface area contributed by atoms with Gasteiger partial charge in [0.1, 0.15) is 0 Å². The van der Waals surface area contributed by atoms with Gasteiger partial charge in [-0.1, -0.05) is 290 Å². The highest BCUT2D eigenvalue weighted by atomic mass is 16.3. The molecule has 0 saturated carbocycles. The van der Waals surface area contributed by atoms with Gasteiger partial charge in [0, 0.05) is 6.42 Å². The molecule has 402 valence electrons. The maximum Gasteiger partial charge on any atom is 0.220 e. The van der Waals surface area contributed by atoms with Gasteiger partial charge in [0.15, 0.2) is 0 Å². The van der Waals surface area contributed by atoms with Gasteiger partial charge in [-0.2, -0.15) is 0 Å². The molecule has 0 rings (SSSR count). The number of hydrogen-bond donors (Lipinski definition) is 3. The van der Waals surface area contributed by atoms with Crippen LogP contribution in [0, 0.1) is 0 Å². The molecule has 0 aromatic rings. The van der Waals surface area contributed by atoms with Crippen LogP contribution >= 0.6 is 0 Å². The molecule has 0 spiro atoms. The van der Waals surface area contributed by atoms with Gasteiger partial charge in [-0.3, -0.25) is 4.79 Å². The van der Waals surface area contributed by atoms with E-state index in [4.69, 9.17) is 0 Å². The fraction of sp³-hybridized carbons (Fsp3) is 0.712. The van der Waals surface area contributed by atoms with Crippen molar-refractivity contribution < 1.29 is 15.0 Å². The maximum atomic E-state index is 12.5. The van der Waals surface area contributed by atoms with Crippen LogP contribution in [0.3, 0.4) is 0 Å². The standard InChI is InChI=1S/C66H115NO3/c1-3-5-7-9-11-13-15-17-19-21-22-23-24-25-26-27-28-29-30-31-32-33-34-35-36-37-38-39-40-41-42-43-44-46-48-50-52-54-56-58-60-62-66(70)67-64(63-68)65(69)61-59-57-55-53-51-49-47-45-20-18-16-14-12-10-8-6-4-2/h5,7,11,13,17,19-20,22-23,25-26,28-29,45,51,53,59,61,64-65,68-69H,3-4,6,8-10,12,14-16,18,21,24,27,30-44,46-50,52,54-58,60,62-63H2,1-2H3,(H,67,70)/b7-5-,13-11-,19-17-,23-22-,26-25-,29-28-,45-20+,53-51+,61-59+. The quantitative estimate of drug-likeness (QED) is 0.0420. The summed E-state index contributed by atoms with van der Waals surface area (Å²) in [7, 11) is 0. The average molecular weight is 971 g/mol. The minimum absolute atomic E-state index is 0.0772. The maximum absolute atomic E-state index is 12.5. The lowest BCUT2D eigenvalue weighted by Gasteiger charge is -2.19. The van der Waals surface area contributed by atoms with Crippen molar-refractivity contribution in [2.75, 3.05) is 6.61 Å². The number of amides is 1. The number of hydrogen-bond acceptors (Lipinski definition) is 3. The summed E-state index contributed by atoms with van der Waals surface area (Å²) < 4.78 is 0. The first-order valence-corrected chi connectivity index (χ1v) is 30.1. The van der Waals surface area contributed by atoms with Crippen LogP contribution in [0.2, 0.25) is 0 Å². The molecule has 0 aromatic carbocycles. The Bertz CT molecular complexity index is 1330. The Morgan fingerprint density at radius 1 is 0.357 bits per heavy atom. The predicted molar refractivity (Wildman–Crippen MR) is 313 cm³/mol. The molecule has 3 N–H and O–H groups in total. The van der Waals surface area contributed by atoms with Gasteiger partial charge in [0.05, 0.1) is 18.8 Å². The second kappa shape index (κ2) is 60.4. The Balaban J connectivity index is 3.48. The van der Waals surface area contributed by atoms with Crippen LogP contribution in [-0.4, -0.2) is 34.9 Å². The van der Waals surface area contributed by atoms with E-state index in [2.05, 4.69) is 116 Å². The lowest BCUT2D eigenvalue weighted by Crippen LogP contribution is -2.45. The number of carbonyl (C=O) groups is 1. The molecule has 2 atom stereocenters. The zero-order valence-electron chi connectivity index (χ0n) is 46.3. The van der Waals surface area contributed by atoms with Crippen molar-refractivity contribution >= 4 is 5.91 Å². The summed E-state index contributed by atoms with van der Waals surface area (Å²) in [5, 5.41) is 23.1. The van der Waals surface area contributed by atoms with Crippen LogP contribution in [0.5, 0.6) is 0 Å². The van der Waals surface area contributed by atoms with E-state index in [0.29, 0.717) is 6.42 Å². The molecule has 0 aliphatic carbocycles. The van der Waals surface area contributed by atoms with Gasteiger partial charge in [-0.25, -0.2) is 0 Å². The molecule has 0 bridgehead atoms. The third kappa shape index (κ3) is 56.0. The molecule has 4 nitrogen and oxygen atoms in total. The van der Waals surface area contributed by atoms with E-state index in [-0.39, 0.29) is 12.5 Å². The summed E-state index contributed by atoms with van der Waals surface area (Å²) >= 11 is 0. The molecular formula is C66H115NO3. The lowest BCUT2D eigenvalue weighted by molar-refractivity contribution is -0.123. The van der Waals surface area contributed by atoms with E-state index in [1.165, 1.54) is 186 Å². The van der Waals surface area contributed by atoms with Crippen LogP contribution in [0.4, 0.5) is 0 Å². The molecule has 4 heteroatoms. The lowest BCUT2D eigenvalue weighted by atomic mass is 10.0. The molecule has 1 amide bonds. The Hall–Kier alpha value is -2.95. The number of unbranched alkanes of at least 4 members (excludes halogenated alkanes) is 31. The monoisotopic (exact) mass is 970 g/mol. The van der Waals surface area contributed by atoms with E-state index in [0.717, 1.165) is 77.0 Å². The number of aliphatic hydroxyl groups excluding tert-OH is 2. The summed E-state index contributed by atoms with van der Waals surface area (Å²) in [5.41, 5.74) is 0. The van der Waals surface area contributed by atoms with Gasteiger partial charge in [-0.15, -0.1) is 0 Å². The summed E-state index contributed by atoms with van der Waals surface area (Å²) in [5.74, 6) is -0.0772. The minimum Gasteiger partial charge on any atom is -0.394 e. The third-order valence-corrected chi connectivity index (χ3v) is 13.2. The van der Waals surface area contributed by atoms with Crippen molar-refractivity contribution in [3.05, 3.63) is 109 Å². The number of aliphatic hydroxyl groups is 2. The van der Waals surface area contributed by atoms with Gasteiger partial charge in [0.2, 0.25) is 5.91 Å². The molecule has 0 aliphatic heterocycles. The average Bonchev–Trinajstić information content (AvgIpc) is 3.36. The molecule has 0 aliphatic rings. The van der Waals surface area contributed by atoms with Crippen molar-refractivity contribution in [1.29, 1.82) is 0 Å². The predicted octanol–water partition coefficient (Wildman–Crippen LogP) is 20.3. The number of allylic oxidation sites excluding steroid dienone is 17. The SMILES string of the molecule is CC/C=C\C/C=C\C/C=C\C/C=C\C/C=C\C/C=C\CCCCCCCCCCCCCCCCCCCCCCCCC(=O)NC(CO)C(O)/C=C/CC/C=C/CC/C=C/CCCCCCCCC. The molecule has 70 heavy (non-hydrogen) atoms. The first kappa shape index (κ1) is 67.0. The summed E-state index contributed by atoms with van der Waals surface area (Å²) in [6, 6.07) is -0.649. The molecule has 0 saturated heterocycles. The summed E-state index contributed by atoms with van der Waals surface area (Å²) in [6.07, 6.45) is 91.3. The van der Waals surface area contributed by atoms with Crippen molar-refractivity contribution in [3.8, 4) is 0 Å². The second-order valence-corrected chi connectivity index (χ2v) is 20.0. The van der Waals surface area contributed by atoms with Gasteiger partial charge in [-0.05, 0) is 96.3 Å². The van der Waals surface area contributed by atoms with Crippen LogP contribution in [0.15, 0.2) is 109 Å². The van der Waals surface area contributed by atoms with Crippen molar-refractivity contribution in [2.24, 2.45) is 0 Å². The molecule has 0 fully saturated rings. The third-order valence-electron chi connectivity index (χ3n) is 13.2. The van der Waals surface area contributed by atoms with Crippen molar-refractivity contribution in [1.82, 2.24) is 5.32 Å². The number of carbonyl (C=O) groups excluding carboxylic acids is 1. The Morgan fingerprint density at radius 2 is 0.643 bits per heavy atom. The normalized spacial score (nSPS) is 13.6. The Morgan fingerprint density at radius 3 is 1.00 bits per heavy atom. The summed E-state index contributed by atoms with van der Waals surface area (Å²) in [6.45, 7) is 4.18. The van der Waals surface area contributed by atoms with Crippen LogP contribution in [0.1, 0.15) is 284 Å². The molecule has 0 heterocycles.